The summed E-state index contributed by atoms with van der Waals surface area (Å²) >= 11 is 0. The van der Waals surface area contributed by atoms with Gasteiger partial charge >= 0.3 is 19.2 Å². The van der Waals surface area contributed by atoms with Crippen molar-refractivity contribution in [1.82, 2.24) is 0 Å². The molecule has 2 heterocycles. The molecule has 0 atom stereocenters. The monoisotopic (exact) mass is 426 g/mol. The lowest BCUT2D eigenvalue weighted by Gasteiger charge is -2.19. The first kappa shape index (κ1) is 19.7. The number of halogens is 3. The van der Waals surface area contributed by atoms with Gasteiger partial charge in [0.05, 0.1) is 11.5 Å². The summed E-state index contributed by atoms with van der Waals surface area (Å²) in [6.07, 6.45) is -4.89. The molecule has 0 aromatic heterocycles. The smallest absolute Gasteiger partial charge is 0.423 e. The van der Waals surface area contributed by atoms with Gasteiger partial charge in [-0.05, 0) is 53.3 Å². The molecular weight excluding hydrogens is 412 g/mol. The van der Waals surface area contributed by atoms with Crippen LogP contribution in [0.5, 0.6) is 0 Å². The van der Waals surface area contributed by atoms with Crippen molar-refractivity contribution in [2.24, 2.45) is 0 Å². The van der Waals surface area contributed by atoms with Crippen LogP contribution in [0.2, 0.25) is 0 Å². The third-order valence-corrected chi connectivity index (χ3v) is 6.18. The second-order valence-electron chi connectivity index (χ2n) is 6.68. The Labute approximate surface area is 164 Å². The van der Waals surface area contributed by atoms with Crippen molar-refractivity contribution in [2.75, 3.05) is 16.2 Å². The molecule has 0 spiro atoms. The second kappa shape index (κ2) is 6.75. The highest BCUT2D eigenvalue weighted by Crippen LogP contribution is 2.33. The molecule has 4 rings (SSSR count). The van der Waals surface area contributed by atoms with Gasteiger partial charge in [-0.1, -0.05) is 6.07 Å². The molecule has 12 heteroatoms. The Bertz CT molecular complexity index is 1110. The molecule has 29 heavy (non-hydrogen) atoms. The van der Waals surface area contributed by atoms with Crippen molar-refractivity contribution < 1.29 is 36.1 Å². The molecule has 2 aromatic carbocycles. The van der Waals surface area contributed by atoms with Crippen molar-refractivity contribution in [1.29, 1.82) is 0 Å². The predicted molar refractivity (Wildman–Crippen MR) is 98.2 cm³/mol. The number of carbonyl (C=O) groups is 1. The molecule has 2 aliphatic rings. The maximum atomic E-state index is 12.7. The average Bonchev–Trinajstić information content (AvgIpc) is 3.23. The summed E-state index contributed by atoms with van der Waals surface area (Å²) in [5.74, 6) is -1.98. The van der Waals surface area contributed by atoms with Crippen LogP contribution in [0, 0.1) is 0 Å². The van der Waals surface area contributed by atoms with E-state index in [0.717, 1.165) is 11.6 Å². The highest BCUT2D eigenvalue weighted by atomic mass is 32.2. The van der Waals surface area contributed by atoms with Gasteiger partial charge in [0.1, 0.15) is 0 Å². The fourth-order valence-corrected chi connectivity index (χ4v) is 4.50. The van der Waals surface area contributed by atoms with Crippen LogP contribution in [0.25, 0.3) is 0 Å². The Morgan fingerprint density at radius 1 is 1.17 bits per heavy atom. The zero-order chi connectivity index (χ0) is 21.0. The van der Waals surface area contributed by atoms with E-state index in [-0.39, 0.29) is 35.8 Å². The molecule has 0 bridgehead atoms. The molecule has 2 aliphatic heterocycles. The van der Waals surface area contributed by atoms with E-state index in [1.54, 1.807) is 6.07 Å². The lowest BCUT2D eigenvalue weighted by molar-refractivity contribution is -0.170. The minimum absolute atomic E-state index is 0.0454. The Morgan fingerprint density at radius 2 is 1.93 bits per heavy atom. The highest BCUT2D eigenvalue weighted by Gasteiger charge is 2.44. The van der Waals surface area contributed by atoms with Gasteiger partial charge < -0.3 is 14.6 Å². The number of anilines is 2. The van der Waals surface area contributed by atoms with Gasteiger partial charge in [0.25, 0.3) is 10.0 Å². The third kappa shape index (κ3) is 3.58. The molecule has 2 aromatic rings. The molecule has 0 radical (unpaired) electrons. The summed E-state index contributed by atoms with van der Waals surface area (Å²) in [4.78, 5) is 12.0. The number of benzene rings is 2. The van der Waals surface area contributed by atoms with E-state index in [0.29, 0.717) is 15.9 Å². The zero-order valence-electron chi connectivity index (χ0n) is 14.7. The standard InChI is InChI=1S/C17H14BF3N2O5S/c19-17(20,21)16(24)23-6-5-10-7-13(3-4-15(10)23)29(26,27)22-12-2-1-11-9-28-18(25)14(11)8-12/h1-4,7-8,22,25H,5-6,9H2. The van der Waals surface area contributed by atoms with Gasteiger partial charge in [-0.25, -0.2) is 8.42 Å². The number of carbonyl (C=O) groups excluding carboxylic acids is 1. The van der Waals surface area contributed by atoms with Crippen LogP contribution in [0.4, 0.5) is 24.5 Å². The van der Waals surface area contributed by atoms with E-state index in [9.17, 15) is 31.4 Å². The molecule has 152 valence electrons. The Balaban J connectivity index is 1.59. The zero-order valence-corrected chi connectivity index (χ0v) is 15.5. The van der Waals surface area contributed by atoms with E-state index < -0.39 is 29.2 Å². The number of rotatable bonds is 3. The Hall–Kier alpha value is -2.57. The number of nitrogens with zero attached hydrogens (tertiary/aromatic N) is 1. The summed E-state index contributed by atoms with van der Waals surface area (Å²) in [6, 6.07) is 8.21. The summed E-state index contributed by atoms with van der Waals surface area (Å²) < 4.78 is 70.9. The first-order valence-electron chi connectivity index (χ1n) is 8.53. The van der Waals surface area contributed by atoms with E-state index in [2.05, 4.69) is 4.72 Å². The maximum absolute atomic E-state index is 12.7. The topological polar surface area (TPSA) is 95.9 Å². The maximum Gasteiger partial charge on any atom is 0.491 e. The minimum Gasteiger partial charge on any atom is -0.423 e. The quantitative estimate of drug-likeness (QED) is 0.719. The van der Waals surface area contributed by atoms with E-state index in [1.807, 2.05) is 0 Å². The van der Waals surface area contributed by atoms with Crippen LogP contribution < -0.4 is 15.1 Å². The molecule has 7 nitrogen and oxygen atoms in total. The minimum atomic E-state index is -5.00. The average molecular weight is 426 g/mol. The first-order chi connectivity index (χ1) is 13.6. The van der Waals surface area contributed by atoms with Crippen molar-refractivity contribution in [2.45, 2.75) is 24.1 Å². The number of hydrogen-bond donors (Lipinski definition) is 2. The van der Waals surface area contributed by atoms with E-state index in [4.69, 9.17) is 4.65 Å². The predicted octanol–water partition coefficient (Wildman–Crippen LogP) is 1.16. The molecule has 0 saturated carbocycles. The number of alkyl halides is 3. The molecule has 0 fully saturated rings. The fraction of sp³-hybridized carbons (Fsp3) is 0.235. The lowest BCUT2D eigenvalue weighted by atomic mass is 9.79. The molecule has 1 amide bonds. The fourth-order valence-electron chi connectivity index (χ4n) is 3.40. The molecule has 0 aliphatic carbocycles. The number of amides is 1. The summed E-state index contributed by atoms with van der Waals surface area (Å²) in [7, 11) is -5.17. The first-order valence-corrected chi connectivity index (χ1v) is 10.0. The van der Waals surface area contributed by atoms with Crippen LogP contribution in [0.1, 0.15) is 11.1 Å². The molecular formula is C17H14BF3N2O5S. The van der Waals surface area contributed by atoms with E-state index in [1.165, 1.54) is 24.3 Å². The molecule has 0 unspecified atom stereocenters. The van der Waals surface area contributed by atoms with Crippen LogP contribution >= 0.6 is 0 Å². The van der Waals surface area contributed by atoms with Gasteiger partial charge in [0.15, 0.2) is 0 Å². The number of hydrogen-bond acceptors (Lipinski definition) is 5. The summed E-state index contributed by atoms with van der Waals surface area (Å²) in [6.45, 7) is 0.0504. The van der Waals surface area contributed by atoms with E-state index >= 15 is 0 Å². The van der Waals surface area contributed by atoms with Gasteiger partial charge in [-0.15, -0.1) is 0 Å². The van der Waals surface area contributed by atoms with Crippen molar-refractivity contribution >= 4 is 39.9 Å². The third-order valence-electron chi connectivity index (χ3n) is 4.81. The Kier molecular flexibility index (Phi) is 4.59. The SMILES string of the molecule is O=C(N1CCc2cc(S(=O)(=O)Nc3ccc4c(c3)B(O)OC4)ccc21)C(F)(F)F. The van der Waals surface area contributed by atoms with Crippen LogP contribution in [-0.4, -0.2) is 39.2 Å². The van der Waals surface area contributed by atoms with Crippen molar-refractivity contribution in [3.63, 3.8) is 0 Å². The Morgan fingerprint density at radius 3 is 2.66 bits per heavy atom. The second-order valence-corrected chi connectivity index (χ2v) is 8.36. The normalized spacial score (nSPS) is 16.0. The van der Waals surface area contributed by atoms with Gasteiger partial charge in [0, 0.05) is 17.9 Å². The van der Waals surface area contributed by atoms with Crippen molar-refractivity contribution in [3.8, 4) is 0 Å². The van der Waals surface area contributed by atoms with Crippen molar-refractivity contribution in [3.05, 3.63) is 47.5 Å². The highest BCUT2D eigenvalue weighted by molar-refractivity contribution is 7.92. The lowest BCUT2D eigenvalue weighted by Crippen LogP contribution is -2.40. The number of nitrogens with one attached hydrogen (secondary N) is 1. The van der Waals surface area contributed by atoms with Gasteiger partial charge in [-0.3, -0.25) is 9.52 Å². The largest absolute Gasteiger partial charge is 0.491 e. The van der Waals surface area contributed by atoms with Gasteiger partial charge in [-0.2, -0.15) is 13.2 Å². The van der Waals surface area contributed by atoms with Crippen LogP contribution in [0.3, 0.4) is 0 Å². The number of fused-ring (bicyclic) bond motifs is 2. The summed E-state index contributed by atoms with van der Waals surface area (Å²) in [5.41, 5.74) is 1.79. The van der Waals surface area contributed by atoms with Crippen LogP contribution in [0.15, 0.2) is 41.3 Å². The number of sulfonamides is 1. The summed E-state index contributed by atoms with van der Waals surface area (Å²) in [5, 5.41) is 9.74. The molecule has 2 N–H and O–H groups in total. The molecule has 0 saturated heterocycles. The van der Waals surface area contributed by atoms with Crippen LogP contribution in [-0.2, 0) is 32.5 Å². The van der Waals surface area contributed by atoms with Gasteiger partial charge in [0.2, 0.25) is 0 Å².